The first kappa shape index (κ1) is 18.0. The fourth-order valence-electron chi connectivity index (χ4n) is 2.73. The average Bonchev–Trinajstić information content (AvgIpc) is 3.02. The normalized spacial score (nSPS) is 15.1. The zero-order chi connectivity index (χ0) is 18.7. The number of halogens is 2. The van der Waals surface area contributed by atoms with Crippen LogP contribution in [0, 0.1) is 18.6 Å². The summed E-state index contributed by atoms with van der Waals surface area (Å²) in [5.41, 5.74) is 0.108. The Bertz CT molecular complexity index is 816. The van der Waals surface area contributed by atoms with E-state index in [4.69, 9.17) is 4.52 Å². The summed E-state index contributed by atoms with van der Waals surface area (Å²) in [6.45, 7) is 3.69. The van der Waals surface area contributed by atoms with E-state index in [-0.39, 0.29) is 23.9 Å². The second-order valence-corrected chi connectivity index (χ2v) is 6.07. The molecule has 1 aromatic carbocycles. The third kappa shape index (κ3) is 4.23. The first-order valence-electron chi connectivity index (χ1n) is 8.12. The van der Waals surface area contributed by atoms with E-state index in [2.05, 4.69) is 10.5 Å². The predicted molar refractivity (Wildman–Crippen MR) is 88.6 cm³/mol. The lowest BCUT2D eigenvalue weighted by molar-refractivity contribution is -0.117. The van der Waals surface area contributed by atoms with Gasteiger partial charge < -0.3 is 14.7 Å². The van der Waals surface area contributed by atoms with Crippen molar-refractivity contribution in [3.63, 3.8) is 0 Å². The number of amides is 2. The molecule has 1 aliphatic rings. The molecule has 0 aliphatic carbocycles. The van der Waals surface area contributed by atoms with Crippen molar-refractivity contribution in [1.29, 1.82) is 0 Å². The highest BCUT2D eigenvalue weighted by atomic mass is 19.2. The zero-order valence-electron chi connectivity index (χ0n) is 14.2. The molecule has 1 aliphatic heterocycles. The molecule has 1 fully saturated rings. The number of benzene rings is 1. The van der Waals surface area contributed by atoms with Crippen molar-refractivity contribution in [2.75, 3.05) is 38.0 Å². The van der Waals surface area contributed by atoms with Crippen molar-refractivity contribution in [3.8, 4) is 0 Å². The van der Waals surface area contributed by atoms with E-state index in [9.17, 15) is 18.4 Å². The molecule has 1 saturated heterocycles. The first-order valence-corrected chi connectivity index (χ1v) is 8.12. The van der Waals surface area contributed by atoms with E-state index in [1.165, 1.54) is 6.07 Å². The van der Waals surface area contributed by atoms with Gasteiger partial charge >= 0.3 is 0 Å². The fourth-order valence-corrected chi connectivity index (χ4v) is 2.73. The van der Waals surface area contributed by atoms with Gasteiger partial charge in [0, 0.05) is 37.8 Å². The Hall–Kier alpha value is -2.81. The van der Waals surface area contributed by atoms with Crippen molar-refractivity contribution in [1.82, 2.24) is 15.0 Å². The van der Waals surface area contributed by atoms with Crippen LogP contribution in [0.1, 0.15) is 16.1 Å². The van der Waals surface area contributed by atoms with Crippen molar-refractivity contribution >= 4 is 17.6 Å². The molecule has 3 rings (SSSR count). The molecule has 2 amide bonds. The average molecular weight is 364 g/mol. The summed E-state index contributed by atoms with van der Waals surface area (Å²) in [5.74, 6) is -1.65. The van der Waals surface area contributed by atoms with Crippen molar-refractivity contribution < 1.29 is 22.9 Å². The number of aromatic nitrogens is 1. The molecule has 138 valence electrons. The second-order valence-electron chi connectivity index (χ2n) is 6.07. The second kappa shape index (κ2) is 7.61. The molecule has 0 radical (unpaired) electrons. The molecule has 7 nitrogen and oxygen atoms in total. The molecule has 0 unspecified atom stereocenters. The quantitative estimate of drug-likeness (QED) is 0.893. The van der Waals surface area contributed by atoms with Gasteiger partial charge in [0.25, 0.3) is 5.91 Å². The summed E-state index contributed by atoms with van der Waals surface area (Å²) in [7, 11) is 0. The van der Waals surface area contributed by atoms with Gasteiger partial charge in [0.15, 0.2) is 17.5 Å². The molecule has 2 heterocycles. The van der Waals surface area contributed by atoms with Crippen LogP contribution in [0.25, 0.3) is 0 Å². The summed E-state index contributed by atoms with van der Waals surface area (Å²) in [6.07, 6.45) is 0. The van der Waals surface area contributed by atoms with Crippen LogP contribution in [0.15, 0.2) is 28.8 Å². The molecule has 1 aromatic heterocycles. The van der Waals surface area contributed by atoms with Crippen molar-refractivity contribution in [2.45, 2.75) is 6.92 Å². The van der Waals surface area contributed by atoms with Crippen LogP contribution in [0.4, 0.5) is 14.6 Å². The Morgan fingerprint density at radius 1 is 1.15 bits per heavy atom. The fraction of sp³-hybridized carbons (Fsp3) is 0.353. The number of aryl methyl sites for hydroxylation is 1. The molecule has 0 saturated carbocycles. The lowest BCUT2D eigenvalue weighted by Gasteiger charge is -2.34. The lowest BCUT2D eigenvalue weighted by atomic mass is 10.1. The minimum absolute atomic E-state index is 0.108. The minimum atomic E-state index is -1.05. The molecule has 0 atom stereocenters. The third-order valence-electron chi connectivity index (χ3n) is 4.09. The number of piperazine rings is 1. The lowest BCUT2D eigenvalue weighted by Crippen LogP contribution is -2.50. The van der Waals surface area contributed by atoms with Gasteiger partial charge in [-0.2, -0.15) is 0 Å². The van der Waals surface area contributed by atoms with E-state index in [1.54, 1.807) is 17.9 Å². The van der Waals surface area contributed by atoms with E-state index >= 15 is 0 Å². The first-order chi connectivity index (χ1) is 12.4. The standard InChI is InChI=1S/C17H18F2N4O3/c1-11-8-15(21-26-11)20-16(24)10-22-4-6-23(7-5-22)17(25)12-2-3-13(18)14(19)9-12/h2-3,8-9H,4-7,10H2,1H3,(H,20,21,24). The van der Waals surface area contributed by atoms with Gasteiger partial charge in [-0.25, -0.2) is 8.78 Å². The maximum absolute atomic E-state index is 13.3. The van der Waals surface area contributed by atoms with Gasteiger partial charge in [0.05, 0.1) is 6.54 Å². The molecule has 0 bridgehead atoms. The van der Waals surface area contributed by atoms with E-state index < -0.39 is 11.6 Å². The topological polar surface area (TPSA) is 78.7 Å². The summed E-state index contributed by atoms with van der Waals surface area (Å²) in [6, 6.07) is 4.73. The number of rotatable bonds is 4. The Kier molecular flexibility index (Phi) is 5.27. The van der Waals surface area contributed by atoms with Gasteiger partial charge in [-0.15, -0.1) is 0 Å². The number of carbonyl (C=O) groups is 2. The van der Waals surface area contributed by atoms with E-state index in [0.29, 0.717) is 37.8 Å². The van der Waals surface area contributed by atoms with Gasteiger partial charge in [-0.3, -0.25) is 14.5 Å². The smallest absolute Gasteiger partial charge is 0.254 e. The Labute approximate surface area is 148 Å². The number of hydrogen-bond donors (Lipinski definition) is 1. The van der Waals surface area contributed by atoms with E-state index in [0.717, 1.165) is 12.1 Å². The van der Waals surface area contributed by atoms with Gasteiger partial charge in [-0.05, 0) is 25.1 Å². The van der Waals surface area contributed by atoms with Gasteiger partial charge in [0.1, 0.15) is 5.76 Å². The Morgan fingerprint density at radius 2 is 1.88 bits per heavy atom. The van der Waals surface area contributed by atoms with Crippen LogP contribution in [-0.2, 0) is 4.79 Å². The largest absolute Gasteiger partial charge is 0.360 e. The van der Waals surface area contributed by atoms with Crippen LogP contribution >= 0.6 is 0 Å². The molecule has 1 N–H and O–H groups in total. The molecular weight excluding hydrogens is 346 g/mol. The number of carbonyl (C=O) groups excluding carboxylic acids is 2. The zero-order valence-corrected chi connectivity index (χ0v) is 14.2. The number of hydrogen-bond acceptors (Lipinski definition) is 5. The monoisotopic (exact) mass is 364 g/mol. The molecule has 26 heavy (non-hydrogen) atoms. The highest BCUT2D eigenvalue weighted by Crippen LogP contribution is 2.13. The molecule has 9 heteroatoms. The SMILES string of the molecule is Cc1cc(NC(=O)CN2CCN(C(=O)c3ccc(F)c(F)c3)CC2)no1. The van der Waals surface area contributed by atoms with E-state index in [1.807, 2.05) is 4.90 Å². The molecular formula is C17H18F2N4O3. The number of anilines is 1. The van der Waals surface area contributed by atoms with Crippen molar-refractivity contribution in [2.24, 2.45) is 0 Å². The molecule has 0 spiro atoms. The van der Waals surface area contributed by atoms with Crippen LogP contribution in [-0.4, -0.2) is 59.5 Å². The Morgan fingerprint density at radius 3 is 2.50 bits per heavy atom. The third-order valence-corrected chi connectivity index (χ3v) is 4.09. The summed E-state index contributed by atoms with van der Waals surface area (Å²) in [5, 5.41) is 6.33. The van der Waals surface area contributed by atoms with Gasteiger partial charge in [0.2, 0.25) is 5.91 Å². The summed E-state index contributed by atoms with van der Waals surface area (Å²) in [4.78, 5) is 27.8. The highest BCUT2D eigenvalue weighted by Gasteiger charge is 2.24. The summed E-state index contributed by atoms with van der Waals surface area (Å²) >= 11 is 0. The number of nitrogens with zero attached hydrogens (tertiary/aromatic N) is 3. The van der Waals surface area contributed by atoms with Crippen molar-refractivity contribution in [3.05, 3.63) is 47.2 Å². The Balaban J connectivity index is 1.49. The van der Waals surface area contributed by atoms with Crippen LogP contribution in [0.2, 0.25) is 0 Å². The maximum Gasteiger partial charge on any atom is 0.254 e. The minimum Gasteiger partial charge on any atom is -0.360 e. The van der Waals surface area contributed by atoms with Crippen LogP contribution in [0.5, 0.6) is 0 Å². The summed E-state index contributed by atoms with van der Waals surface area (Å²) < 4.78 is 31.1. The predicted octanol–water partition coefficient (Wildman–Crippen LogP) is 1.66. The maximum atomic E-state index is 13.3. The molecule has 2 aromatic rings. The highest BCUT2D eigenvalue weighted by molar-refractivity contribution is 5.94. The van der Waals surface area contributed by atoms with Crippen LogP contribution in [0.3, 0.4) is 0 Å². The number of nitrogens with one attached hydrogen (secondary N) is 1. The van der Waals surface area contributed by atoms with Crippen LogP contribution < -0.4 is 5.32 Å². The van der Waals surface area contributed by atoms with Gasteiger partial charge in [-0.1, -0.05) is 5.16 Å².